The van der Waals surface area contributed by atoms with Gasteiger partial charge in [0.2, 0.25) is 0 Å². The summed E-state index contributed by atoms with van der Waals surface area (Å²) in [6.07, 6.45) is 0. The minimum atomic E-state index is -3.43. The number of hydrogen-bond acceptors (Lipinski definition) is 4. The van der Waals surface area contributed by atoms with Crippen molar-refractivity contribution in [3.8, 4) is 0 Å². The quantitative estimate of drug-likeness (QED) is 0.805. The van der Waals surface area contributed by atoms with Gasteiger partial charge in [-0.05, 0) is 48.3 Å². The second kappa shape index (κ2) is 7.36. The van der Waals surface area contributed by atoms with Crippen LogP contribution in [0.2, 0.25) is 0 Å². The van der Waals surface area contributed by atoms with Gasteiger partial charge >= 0.3 is 0 Å². The van der Waals surface area contributed by atoms with Gasteiger partial charge in [-0.15, -0.1) is 11.3 Å². The van der Waals surface area contributed by atoms with Gasteiger partial charge in [-0.25, -0.2) is 12.8 Å². The summed E-state index contributed by atoms with van der Waals surface area (Å²) in [6, 6.07) is 8.20. The molecule has 0 unspecified atom stereocenters. The molecule has 5 nitrogen and oxygen atoms in total. The molecule has 3 rings (SSSR count). The highest BCUT2D eigenvalue weighted by Gasteiger charge is 2.29. The van der Waals surface area contributed by atoms with Gasteiger partial charge in [0.05, 0.1) is 0 Å². The van der Waals surface area contributed by atoms with Gasteiger partial charge in [-0.1, -0.05) is 12.1 Å². The highest BCUT2D eigenvalue weighted by atomic mass is 32.2. The van der Waals surface area contributed by atoms with Crippen molar-refractivity contribution in [2.75, 3.05) is 31.5 Å². The van der Waals surface area contributed by atoms with Crippen LogP contribution in [0.5, 0.6) is 0 Å². The molecule has 2 heterocycles. The maximum absolute atomic E-state index is 13.6. The lowest BCUT2D eigenvalue weighted by molar-refractivity contribution is 0.269. The van der Waals surface area contributed by atoms with E-state index in [9.17, 15) is 12.8 Å². The molecule has 134 valence electrons. The summed E-state index contributed by atoms with van der Waals surface area (Å²) in [6.45, 7) is 3.41. The van der Waals surface area contributed by atoms with E-state index in [2.05, 4.69) is 5.32 Å². The third-order valence-electron chi connectivity index (χ3n) is 4.04. The molecule has 2 aromatic rings. The number of piperazine rings is 1. The number of nitrogens with zero attached hydrogens (tertiary/aromatic N) is 2. The number of nitrogens with one attached hydrogen (secondary N) is 1. The van der Waals surface area contributed by atoms with Crippen molar-refractivity contribution in [3.05, 3.63) is 47.1 Å². The zero-order valence-corrected chi connectivity index (χ0v) is 16.1. The maximum atomic E-state index is 13.6. The molecule has 9 heteroatoms. The van der Waals surface area contributed by atoms with E-state index in [0.29, 0.717) is 46.8 Å². The van der Waals surface area contributed by atoms with E-state index in [0.717, 1.165) is 0 Å². The summed E-state index contributed by atoms with van der Waals surface area (Å²) in [7, 11) is -3.43. The van der Waals surface area contributed by atoms with E-state index in [1.165, 1.54) is 21.7 Å². The number of thiocarbonyl (C=S) groups is 1. The van der Waals surface area contributed by atoms with Gasteiger partial charge in [0.25, 0.3) is 10.0 Å². The van der Waals surface area contributed by atoms with E-state index in [-0.39, 0.29) is 5.82 Å². The van der Waals surface area contributed by atoms with E-state index in [1.807, 2.05) is 4.90 Å². The van der Waals surface area contributed by atoms with Crippen LogP contribution in [0.15, 0.2) is 39.9 Å². The molecular formula is C16H18FN3O2S3. The van der Waals surface area contributed by atoms with E-state index in [4.69, 9.17) is 12.2 Å². The number of sulfonamides is 1. The first kappa shape index (κ1) is 18.2. The predicted octanol–water partition coefficient (Wildman–Crippen LogP) is 2.90. The number of halogens is 1. The Hall–Kier alpha value is -1.55. The molecule has 0 amide bonds. The monoisotopic (exact) mass is 399 g/mol. The molecule has 1 saturated heterocycles. The second-order valence-corrected chi connectivity index (χ2v) is 9.22. The lowest BCUT2D eigenvalue weighted by Gasteiger charge is -2.35. The van der Waals surface area contributed by atoms with Crippen LogP contribution in [0, 0.1) is 12.7 Å². The zero-order valence-electron chi connectivity index (χ0n) is 13.6. The Labute approximate surface area is 156 Å². The fourth-order valence-electron chi connectivity index (χ4n) is 2.54. The Kier molecular flexibility index (Phi) is 5.38. The molecule has 1 N–H and O–H groups in total. The summed E-state index contributed by atoms with van der Waals surface area (Å²) >= 11 is 6.59. The van der Waals surface area contributed by atoms with Crippen LogP contribution >= 0.6 is 23.6 Å². The summed E-state index contributed by atoms with van der Waals surface area (Å²) in [5.74, 6) is -0.292. The third-order valence-corrected chi connectivity index (χ3v) is 7.67. The number of rotatable bonds is 3. The average Bonchev–Trinajstić information content (AvgIpc) is 3.14. The smallest absolute Gasteiger partial charge is 0.252 e. The largest absolute Gasteiger partial charge is 0.346 e. The van der Waals surface area contributed by atoms with Crippen LogP contribution < -0.4 is 5.32 Å². The van der Waals surface area contributed by atoms with Gasteiger partial charge in [-0.3, -0.25) is 0 Å². The summed E-state index contributed by atoms with van der Waals surface area (Å²) in [5.41, 5.74) is 1.16. The van der Waals surface area contributed by atoms with E-state index < -0.39 is 10.0 Å². The van der Waals surface area contributed by atoms with Crippen molar-refractivity contribution in [1.29, 1.82) is 0 Å². The molecule has 1 aromatic carbocycles. The molecule has 0 spiro atoms. The first-order valence-electron chi connectivity index (χ1n) is 7.73. The Bertz CT molecular complexity index is 861. The van der Waals surface area contributed by atoms with Crippen LogP contribution in [0.1, 0.15) is 5.56 Å². The number of hydrogen-bond donors (Lipinski definition) is 1. The second-order valence-electron chi connectivity index (χ2n) is 5.72. The Morgan fingerprint density at radius 2 is 1.96 bits per heavy atom. The SMILES string of the molecule is Cc1ccc(NC(=S)N2CCN(S(=O)(=O)c3cccs3)CC2)cc1F. The maximum Gasteiger partial charge on any atom is 0.252 e. The third kappa shape index (κ3) is 4.00. The van der Waals surface area contributed by atoms with Gasteiger partial charge in [0.1, 0.15) is 10.0 Å². The molecular weight excluding hydrogens is 381 g/mol. The fourth-order valence-corrected chi connectivity index (χ4v) is 5.41. The first-order valence-corrected chi connectivity index (χ1v) is 10.5. The predicted molar refractivity (Wildman–Crippen MR) is 102 cm³/mol. The molecule has 25 heavy (non-hydrogen) atoms. The number of thiophene rings is 1. The first-order chi connectivity index (χ1) is 11.9. The molecule has 1 aliphatic heterocycles. The number of aryl methyl sites for hydroxylation is 1. The standard InChI is InChI=1S/C16H18FN3O2S3/c1-12-4-5-13(11-14(12)17)18-16(23)19-6-8-20(9-7-19)25(21,22)15-3-2-10-24-15/h2-5,10-11H,6-9H2,1H3,(H,18,23). The van der Waals surface area contributed by atoms with Gasteiger partial charge in [-0.2, -0.15) is 4.31 Å². The van der Waals surface area contributed by atoms with Crippen molar-refractivity contribution >= 4 is 44.4 Å². The molecule has 0 bridgehead atoms. The molecule has 1 aromatic heterocycles. The minimum Gasteiger partial charge on any atom is -0.346 e. The lowest BCUT2D eigenvalue weighted by Crippen LogP contribution is -2.51. The van der Waals surface area contributed by atoms with E-state index in [1.54, 1.807) is 36.6 Å². The van der Waals surface area contributed by atoms with E-state index >= 15 is 0 Å². The highest BCUT2D eigenvalue weighted by molar-refractivity contribution is 7.91. The summed E-state index contributed by atoms with van der Waals surface area (Å²) < 4.78 is 40.5. The Morgan fingerprint density at radius 3 is 2.56 bits per heavy atom. The Balaban J connectivity index is 1.60. The summed E-state index contributed by atoms with van der Waals surface area (Å²) in [5, 5.41) is 5.23. The van der Waals surface area contributed by atoms with Crippen LogP contribution in [0.3, 0.4) is 0 Å². The molecule has 1 fully saturated rings. The summed E-state index contributed by atoms with van der Waals surface area (Å²) in [4.78, 5) is 1.90. The Morgan fingerprint density at radius 1 is 1.24 bits per heavy atom. The molecule has 0 atom stereocenters. The topological polar surface area (TPSA) is 52.6 Å². The normalized spacial score (nSPS) is 16.0. The van der Waals surface area contributed by atoms with Crippen LogP contribution in [-0.2, 0) is 10.0 Å². The van der Waals surface area contributed by atoms with Crippen molar-refractivity contribution in [1.82, 2.24) is 9.21 Å². The van der Waals surface area contributed by atoms with Crippen molar-refractivity contribution in [2.45, 2.75) is 11.1 Å². The molecule has 1 aliphatic rings. The fraction of sp³-hybridized carbons (Fsp3) is 0.312. The van der Waals surface area contributed by atoms with Gasteiger partial charge in [0, 0.05) is 31.9 Å². The number of anilines is 1. The van der Waals surface area contributed by atoms with Crippen LogP contribution in [-0.4, -0.2) is 48.9 Å². The highest BCUT2D eigenvalue weighted by Crippen LogP contribution is 2.22. The van der Waals surface area contributed by atoms with Gasteiger partial charge in [0.15, 0.2) is 5.11 Å². The minimum absolute atomic E-state index is 0.292. The molecule has 0 saturated carbocycles. The lowest BCUT2D eigenvalue weighted by atomic mass is 10.2. The van der Waals surface area contributed by atoms with Gasteiger partial charge < -0.3 is 10.2 Å². The average molecular weight is 400 g/mol. The van der Waals surface area contributed by atoms with Crippen molar-refractivity contribution in [2.24, 2.45) is 0 Å². The van der Waals surface area contributed by atoms with Crippen LogP contribution in [0.25, 0.3) is 0 Å². The van der Waals surface area contributed by atoms with Crippen molar-refractivity contribution in [3.63, 3.8) is 0 Å². The van der Waals surface area contributed by atoms with Crippen LogP contribution in [0.4, 0.5) is 10.1 Å². The number of benzene rings is 1. The van der Waals surface area contributed by atoms with Crippen molar-refractivity contribution < 1.29 is 12.8 Å². The zero-order chi connectivity index (χ0) is 18.0. The molecule has 0 radical (unpaired) electrons. The molecule has 0 aliphatic carbocycles.